The van der Waals surface area contributed by atoms with E-state index in [4.69, 9.17) is 16.3 Å². The molecule has 1 heterocycles. The zero-order valence-corrected chi connectivity index (χ0v) is 13.5. The quantitative estimate of drug-likeness (QED) is 0.823. The summed E-state index contributed by atoms with van der Waals surface area (Å²) in [5.41, 5.74) is 1.08. The van der Waals surface area contributed by atoms with Gasteiger partial charge in [-0.2, -0.15) is 5.10 Å². The third-order valence-corrected chi connectivity index (χ3v) is 3.57. The number of ether oxygens (including phenoxy) is 1. The second-order valence-corrected chi connectivity index (χ2v) is 5.41. The molecule has 21 heavy (non-hydrogen) atoms. The third kappa shape index (κ3) is 4.22. The van der Waals surface area contributed by atoms with Crippen molar-refractivity contribution < 1.29 is 4.74 Å². The molecule has 0 aliphatic heterocycles. The van der Waals surface area contributed by atoms with Gasteiger partial charge in [-0.3, -0.25) is 4.68 Å². The highest BCUT2D eigenvalue weighted by atomic mass is 35.5. The van der Waals surface area contributed by atoms with Crippen LogP contribution in [0.4, 0.5) is 0 Å². The van der Waals surface area contributed by atoms with Crippen molar-refractivity contribution in [2.45, 2.75) is 39.8 Å². The number of benzene rings is 1. The Kier molecular flexibility index (Phi) is 5.65. The van der Waals surface area contributed by atoms with Gasteiger partial charge in [0.2, 0.25) is 0 Å². The summed E-state index contributed by atoms with van der Waals surface area (Å²) < 4.78 is 7.67. The number of nitrogens with zero attached hydrogens (tertiary/aromatic N) is 2. The second-order valence-electron chi connectivity index (χ2n) is 5.00. The lowest BCUT2D eigenvalue weighted by atomic mass is 10.1. The molecular formula is C16H22ClN3O. The van der Waals surface area contributed by atoms with Crippen LogP contribution in [0.25, 0.3) is 0 Å². The van der Waals surface area contributed by atoms with Crippen LogP contribution in [0, 0.1) is 0 Å². The van der Waals surface area contributed by atoms with Gasteiger partial charge in [-0.25, -0.2) is 0 Å². The van der Waals surface area contributed by atoms with Crippen LogP contribution >= 0.6 is 11.6 Å². The fourth-order valence-electron chi connectivity index (χ4n) is 2.22. The number of hydrogen-bond donors (Lipinski definition) is 1. The highest BCUT2D eigenvalue weighted by Gasteiger charge is 2.10. The first kappa shape index (κ1) is 15.9. The fraction of sp³-hybridized carbons (Fsp3) is 0.438. The van der Waals surface area contributed by atoms with Crippen molar-refractivity contribution in [1.82, 2.24) is 15.1 Å². The summed E-state index contributed by atoms with van der Waals surface area (Å²) in [6.07, 6.45) is 4.66. The molecule has 0 amide bonds. The molecule has 1 aromatic carbocycles. The van der Waals surface area contributed by atoms with Gasteiger partial charge in [0.15, 0.2) is 5.75 Å². The third-order valence-electron chi connectivity index (χ3n) is 3.25. The van der Waals surface area contributed by atoms with Crippen molar-refractivity contribution in [2.24, 2.45) is 0 Å². The number of aromatic nitrogens is 2. The van der Waals surface area contributed by atoms with E-state index >= 15 is 0 Å². The highest BCUT2D eigenvalue weighted by Crippen LogP contribution is 2.29. The molecular weight excluding hydrogens is 286 g/mol. The van der Waals surface area contributed by atoms with Crippen molar-refractivity contribution in [3.05, 3.63) is 41.2 Å². The normalized spacial score (nSPS) is 12.4. The standard InChI is InChI=1S/C16H22ClN3O/c1-4-8-20-11-14(10-19-20)21-13-6-7-15(16(17)9-13)12(3)18-5-2/h6-7,9-12,18H,4-5,8H2,1-3H3. The average Bonchev–Trinajstić information content (AvgIpc) is 2.87. The average molecular weight is 308 g/mol. The van der Waals surface area contributed by atoms with Crippen molar-refractivity contribution in [3.8, 4) is 11.5 Å². The SMILES string of the molecule is CCCn1cc(Oc2ccc(C(C)NCC)c(Cl)c2)cn1. The summed E-state index contributed by atoms with van der Waals surface area (Å²) in [4.78, 5) is 0. The smallest absolute Gasteiger partial charge is 0.165 e. The number of halogens is 1. The topological polar surface area (TPSA) is 39.1 Å². The van der Waals surface area contributed by atoms with Gasteiger partial charge >= 0.3 is 0 Å². The van der Waals surface area contributed by atoms with E-state index in [1.165, 1.54) is 0 Å². The minimum absolute atomic E-state index is 0.226. The maximum absolute atomic E-state index is 6.34. The van der Waals surface area contributed by atoms with Crippen LogP contribution in [0.15, 0.2) is 30.6 Å². The Morgan fingerprint density at radius 3 is 2.81 bits per heavy atom. The van der Waals surface area contributed by atoms with E-state index in [9.17, 15) is 0 Å². The zero-order valence-electron chi connectivity index (χ0n) is 12.8. The van der Waals surface area contributed by atoms with E-state index in [2.05, 4.69) is 31.2 Å². The number of hydrogen-bond acceptors (Lipinski definition) is 3. The monoisotopic (exact) mass is 307 g/mol. The summed E-state index contributed by atoms with van der Waals surface area (Å²) in [7, 11) is 0. The van der Waals surface area contributed by atoms with Gasteiger partial charge in [-0.05, 0) is 37.6 Å². The van der Waals surface area contributed by atoms with Crippen molar-refractivity contribution >= 4 is 11.6 Å². The molecule has 2 rings (SSSR count). The maximum atomic E-state index is 6.34. The van der Waals surface area contributed by atoms with Crippen LogP contribution in [-0.4, -0.2) is 16.3 Å². The summed E-state index contributed by atoms with van der Waals surface area (Å²) in [6, 6.07) is 6.01. The lowest BCUT2D eigenvalue weighted by Gasteiger charge is -2.15. The lowest BCUT2D eigenvalue weighted by Crippen LogP contribution is -2.17. The van der Waals surface area contributed by atoms with Crippen LogP contribution < -0.4 is 10.1 Å². The van der Waals surface area contributed by atoms with Crippen LogP contribution in [0.3, 0.4) is 0 Å². The molecule has 0 radical (unpaired) electrons. The van der Waals surface area contributed by atoms with Crippen LogP contribution in [-0.2, 0) is 6.54 Å². The number of nitrogens with one attached hydrogen (secondary N) is 1. The van der Waals surface area contributed by atoms with Crippen molar-refractivity contribution in [2.75, 3.05) is 6.54 Å². The Hall–Kier alpha value is -1.52. The molecule has 0 fully saturated rings. The molecule has 4 nitrogen and oxygen atoms in total. The summed E-state index contributed by atoms with van der Waals surface area (Å²) >= 11 is 6.34. The van der Waals surface area contributed by atoms with E-state index in [-0.39, 0.29) is 6.04 Å². The first-order valence-corrected chi connectivity index (χ1v) is 7.75. The molecule has 0 aliphatic rings. The fourth-order valence-corrected chi connectivity index (χ4v) is 2.56. The molecule has 5 heteroatoms. The highest BCUT2D eigenvalue weighted by molar-refractivity contribution is 6.31. The Morgan fingerprint density at radius 1 is 1.33 bits per heavy atom. The zero-order chi connectivity index (χ0) is 15.2. The van der Waals surface area contributed by atoms with E-state index < -0.39 is 0 Å². The van der Waals surface area contributed by atoms with Gasteiger partial charge in [0, 0.05) is 17.6 Å². The van der Waals surface area contributed by atoms with Gasteiger partial charge in [0.1, 0.15) is 5.75 Å². The molecule has 114 valence electrons. The number of rotatable bonds is 7. The Balaban J connectivity index is 2.08. The molecule has 1 unspecified atom stereocenters. The summed E-state index contributed by atoms with van der Waals surface area (Å²) in [5.74, 6) is 1.45. The van der Waals surface area contributed by atoms with Gasteiger partial charge in [-0.1, -0.05) is 31.5 Å². The van der Waals surface area contributed by atoms with E-state index in [0.29, 0.717) is 5.02 Å². The molecule has 1 atom stereocenters. The van der Waals surface area contributed by atoms with Crippen LogP contribution in [0.1, 0.15) is 38.8 Å². The van der Waals surface area contributed by atoms with Crippen LogP contribution in [0.5, 0.6) is 11.5 Å². The van der Waals surface area contributed by atoms with Gasteiger partial charge < -0.3 is 10.1 Å². The largest absolute Gasteiger partial charge is 0.454 e. The minimum Gasteiger partial charge on any atom is -0.454 e. The van der Waals surface area contributed by atoms with E-state index in [0.717, 1.165) is 36.6 Å². The van der Waals surface area contributed by atoms with E-state index in [1.807, 2.05) is 29.1 Å². The van der Waals surface area contributed by atoms with Gasteiger partial charge in [-0.15, -0.1) is 0 Å². The molecule has 0 saturated heterocycles. The molecule has 0 spiro atoms. The van der Waals surface area contributed by atoms with E-state index in [1.54, 1.807) is 6.20 Å². The molecule has 0 saturated carbocycles. The van der Waals surface area contributed by atoms with Crippen molar-refractivity contribution in [3.63, 3.8) is 0 Å². The molecule has 0 aliphatic carbocycles. The minimum atomic E-state index is 0.226. The molecule has 1 aromatic heterocycles. The predicted molar refractivity (Wildman–Crippen MR) is 86.1 cm³/mol. The molecule has 0 bridgehead atoms. The first-order chi connectivity index (χ1) is 10.1. The van der Waals surface area contributed by atoms with Crippen LogP contribution in [0.2, 0.25) is 5.02 Å². The Labute approximate surface area is 131 Å². The Bertz CT molecular complexity index is 583. The Morgan fingerprint density at radius 2 is 2.14 bits per heavy atom. The summed E-state index contributed by atoms with van der Waals surface area (Å²) in [5, 5.41) is 8.30. The van der Waals surface area contributed by atoms with Gasteiger partial charge in [0.05, 0.1) is 12.4 Å². The van der Waals surface area contributed by atoms with Gasteiger partial charge in [0.25, 0.3) is 0 Å². The molecule has 2 aromatic rings. The number of aryl methyl sites for hydroxylation is 1. The second kappa shape index (κ2) is 7.48. The first-order valence-electron chi connectivity index (χ1n) is 7.37. The summed E-state index contributed by atoms with van der Waals surface area (Å²) in [6.45, 7) is 8.09. The van der Waals surface area contributed by atoms with Crippen molar-refractivity contribution in [1.29, 1.82) is 0 Å². The predicted octanol–water partition coefficient (Wildman–Crippen LogP) is 4.41. The maximum Gasteiger partial charge on any atom is 0.165 e. The molecule has 1 N–H and O–H groups in total. The lowest BCUT2D eigenvalue weighted by molar-refractivity contribution is 0.480.